The first-order valence-electron chi connectivity index (χ1n) is 15.9. The van der Waals surface area contributed by atoms with E-state index in [4.69, 9.17) is 9.72 Å². The van der Waals surface area contributed by atoms with Crippen molar-refractivity contribution >= 4 is 29.2 Å². The van der Waals surface area contributed by atoms with Crippen molar-refractivity contribution < 1.29 is 22.0 Å². The number of aliphatic imine (C=N–C) groups is 1. The molecule has 11 heteroatoms. The van der Waals surface area contributed by atoms with E-state index in [1.54, 1.807) is 25.8 Å². The predicted octanol–water partition coefficient (Wildman–Crippen LogP) is 4.97. The molecule has 2 aliphatic rings. The van der Waals surface area contributed by atoms with Crippen molar-refractivity contribution in [3.8, 4) is 11.3 Å². The molecule has 0 saturated carbocycles. The van der Waals surface area contributed by atoms with Crippen molar-refractivity contribution in [1.82, 2.24) is 25.0 Å². The molecule has 0 bridgehead atoms. The molecule has 1 aromatic carbocycles. The highest BCUT2D eigenvalue weighted by molar-refractivity contribution is 6.46. The van der Waals surface area contributed by atoms with E-state index in [9.17, 15) is 14.4 Å². The fourth-order valence-electron chi connectivity index (χ4n) is 5.60. The Morgan fingerprint density at radius 3 is 2.46 bits per heavy atom. The van der Waals surface area contributed by atoms with Crippen LogP contribution in [0.3, 0.4) is 0 Å². The van der Waals surface area contributed by atoms with Crippen LogP contribution in [-0.4, -0.2) is 102 Å². The molecule has 46 heavy (non-hydrogen) atoms. The zero-order valence-corrected chi connectivity index (χ0v) is 28.6. The van der Waals surface area contributed by atoms with Gasteiger partial charge < -0.3 is 25.2 Å². The normalized spacial score (nSPS) is 18.0. The molecule has 2 fully saturated rings. The van der Waals surface area contributed by atoms with Crippen LogP contribution in [0.25, 0.3) is 11.3 Å². The van der Waals surface area contributed by atoms with Crippen LogP contribution in [0, 0.1) is 12.3 Å². The number of nitrogens with one attached hydrogen (secondary N) is 2. The van der Waals surface area contributed by atoms with E-state index in [0.29, 0.717) is 30.9 Å². The second kappa shape index (κ2) is 14.6. The number of rotatable bonds is 8. The number of aromatic nitrogens is 1. The SMILES string of the molecule is CN=C(C(=O)N1CCN(C)C(=O)C1(C)C)/C(=C\CC(C)(C)C)NC(=O)Nc1ccc(C)c(-c2ccc(CN3CCOCC3)cn2)c1.[HH].[HH]. The van der Waals surface area contributed by atoms with Crippen LogP contribution in [0.15, 0.2) is 53.3 Å². The predicted molar refractivity (Wildman–Crippen MR) is 186 cm³/mol. The van der Waals surface area contributed by atoms with Crippen molar-refractivity contribution in [2.24, 2.45) is 10.4 Å². The number of amides is 4. The molecule has 4 rings (SSSR count). The van der Waals surface area contributed by atoms with Crippen LogP contribution >= 0.6 is 0 Å². The van der Waals surface area contributed by atoms with Crippen LogP contribution in [0.4, 0.5) is 10.5 Å². The number of ether oxygens (including phenoxy) is 1. The van der Waals surface area contributed by atoms with E-state index in [2.05, 4.69) is 47.4 Å². The average molecular weight is 636 g/mol. The molecule has 0 atom stereocenters. The monoisotopic (exact) mass is 635 g/mol. The van der Waals surface area contributed by atoms with Crippen LogP contribution in [-0.2, 0) is 20.9 Å². The topological polar surface area (TPSA) is 119 Å². The van der Waals surface area contributed by atoms with E-state index in [1.165, 1.54) is 11.9 Å². The van der Waals surface area contributed by atoms with Crippen molar-refractivity contribution in [1.29, 1.82) is 0 Å². The van der Waals surface area contributed by atoms with Gasteiger partial charge in [0.15, 0.2) is 0 Å². The number of hydrogen-bond donors (Lipinski definition) is 2. The summed E-state index contributed by atoms with van der Waals surface area (Å²) in [5.41, 5.74) is 3.71. The molecule has 0 spiro atoms. The molecule has 0 aliphatic carbocycles. The molecule has 2 N–H and O–H groups in total. The number of urea groups is 1. The molecule has 1 aromatic heterocycles. The Morgan fingerprint density at radius 2 is 1.83 bits per heavy atom. The van der Waals surface area contributed by atoms with Gasteiger partial charge in [0.05, 0.1) is 24.6 Å². The summed E-state index contributed by atoms with van der Waals surface area (Å²) in [5, 5.41) is 5.81. The lowest BCUT2D eigenvalue weighted by Crippen LogP contribution is -2.65. The largest absolute Gasteiger partial charge is 0.379 e. The number of benzene rings is 1. The quantitative estimate of drug-likeness (QED) is 0.396. The van der Waals surface area contributed by atoms with Gasteiger partial charge in [-0.25, -0.2) is 4.79 Å². The van der Waals surface area contributed by atoms with Crippen molar-refractivity contribution in [3.63, 3.8) is 0 Å². The molecule has 0 unspecified atom stereocenters. The fraction of sp³-hybridized carbons (Fsp3) is 0.514. The highest BCUT2D eigenvalue weighted by atomic mass is 16.5. The number of likely N-dealkylation sites (N-methyl/N-ethyl adjacent to an activating group) is 1. The summed E-state index contributed by atoms with van der Waals surface area (Å²) < 4.78 is 5.45. The number of nitrogens with zero attached hydrogens (tertiary/aromatic N) is 5. The average Bonchev–Trinajstić information content (AvgIpc) is 3.00. The van der Waals surface area contributed by atoms with Crippen LogP contribution < -0.4 is 10.6 Å². The van der Waals surface area contributed by atoms with Crippen molar-refractivity contribution in [2.75, 3.05) is 58.8 Å². The van der Waals surface area contributed by atoms with E-state index in [0.717, 1.165) is 55.2 Å². The maximum absolute atomic E-state index is 13.9. The Labute approximate surface area is 276 Å². The van der Waals surface area contributed by atoms with Crippen molar-refractivity contribution in [2.45, 2.75) is 60.0 Å². The second-order valence-corrected chi connectivity index (χ2v) is 13.7. The summed E-state index contributed by atoms with van der Waals surface area (Å²) in [6.07, 6.45) is 4.32. The molecule has 2 aliphatic heterocycles. The Balaban J connectivity index is 0.00000400. The van der Waals surface area contributed by atoms with Gasteiger partial charge in [0.25, 0.3) is 5.91 Å². The first-order valence-corrected chi connectivity index (χ1v) is 15.9. The molecule has 4 amide bonds. The number of anilines is 1. The maximum atomic E-state index is 13.9. The number of allylic oxidation sites excluding steroid dienone is 1. The van der Waals surface area contributed by atoms with Gasteiger partial charge in [-0.2, -0.15) is 0 Å². The molecule has 2 saturated heterocycles. The summed E-state index contributed by atoms with van der Waals surface area (Å²) in [6, 6.07) is 9.27. The third-order valence-corrected chi connectivity index (χ3v) is 8.40. The third kappa shape index (κ3) is 8.58. The minimum atomic E-state index is -1.05. The summed E-state index contributed by atoms with van der Waals surface area (Å²) in [6.45, 7) is 16.6. The zero-order valence-electron chi connectivity index (χ0n) is 28.6. The molecular weight excluding hydrogens is 582 g/mol. The molecule has 0 radical (unpaired) electrons. The molecule has 2 aromatic rings. The summed E-state index contributed by atoms with van der Waals surface area (Å²) >= 11 is 0. The van der Waals surface area contributed by atoms with Gasteiger partial charge in [-0.3, -0.25) is 24.5 Å². The van der Waals surface area contributed by atoms with Crippen LogP contribution in [0.2, 0.25) is 0 Å². The Hall–Kier alpha value is -4.09. The third-order valence-electron chi connectivity index (χ3n) is 8.40. The Kier molecular flexibility index (Phi) is 11.0. The highest BCUT2D eigenvalue weighted by Gasteiger charge is 2.44. The minimum absolute atomic E-state index is 0. The lowest BCUT2D eigenvalue weighted by Gasteiger charge is -2.44. The molecular formula is C35H53N7O4. The number of hydrogen-bond acceptors (Lipinski definition) is 7. The van der Waals surface area contributed by atoms with Gasteiger partial charge in [-0.15, -0.1) is 0 Å². The number of pyridine rings is 1. The second-order valence-electron chi connectivity index (χ2n) is 13.7. The standard InChI is InChI=1S/C35H49N7O4.2H2/c1-24-9-11-26(21-27(24)28-12-10-25(22-37-28)23-41-17-19-46-20-18-41)38-33(45)39-29(13-14-34(2,3)4)30(36-7)31(43)42-16-15-40(8)32(44)35(42,5)6;;/h9-13,21-22H,14-20,23H2,1-8H3,(H2,38,39,45);2*1H/b29-13+,36-30?;;. The smallest absolute Gasteiger partial charge is 0.323 e. The van der Waals surface area contributed by atoms with Crippen molar-refractivity contribution in [3.05, 3.63) is 59.4 Å². The zero-order chi connectivity index (χ0) is 33.6. The number of carbonyl (C=O) groups is 3. The lowest BCUT2D eigenvalue weighted by atomic mass is 9.91. The fourth-order valence-corrected chi connectivity index (χ4v) is 5.60. The van der Waals surface area contributed by atoms with Gasteiger partial charge >= 0.3 is 6.03 Å². The highest BCUT2D eigenvalue weighted by Crippen LogP contribution is 2.27. The summed E-state index contributed by atoms with van der Waals surface area (Å²) in [4.78, 5) is 54.8. The van der Waals surface area contributed by atoms with E-state index < -0.39 is 17.5 Å². The maximum Gasteiger partial charge on any atom is 0.323 e. The molecule has 11 nitrogen and oxygen atoms in total. The van der Waals surface area contributed by atoms with E-state index in [-0.39, 0.29) is 19.9 Å². The number of carbonyl (C=O) groups excluding carboxylic acids is 3. The van der Waals surface area contributed by atoms with Crippen LogP contribution in [0.1, 0.15) is 55.0 Å². The van der Waals surface area contributed by atoms with Gasteiger partial charge in [-0.05, 0) is 61.9 Å². The Bertz CT molecular complexity index is 1500. The van der Waals surface area contributed by atoms with E-state index in [1.807, 2.05) is 43.5 Å². The van der Waals surface area contributed by atoms with Gasteiger partial charge in [0.2, 0.25) is 5.91 Å². The number of aryl methyl sites for hydroxylation is 1. The Morgan fingerprint density at radius 1 is 1.11 bits per heavy atom. The van der Waals surface area contributed by atoms with Gasteiger partial charge in [-0.1, -0.05) is 39.0 Å². The van der Waals surface area contributed by atoms with Gasteiger partial charge in [0.1, 0.15) is 11.3 Å². The minimum Gasteiger partial charge on any atom is -0.379 e. The van der Waals surface area contributed by atoms with E-state index >= 15 is 0 Å². The number of morpholine rings is 1. The van der Waals surface area contributed by atoms with Gasteiger partial charge in [0, 0.05) is 67.1 Å². The number of piperazine rings is 1. The lowest BCUT2D eigenvalue weighted by molar-refractivity contribution is -0.154. The molecule has 3 heterocycles. The first kappa shape index (κ1) is 34.8. The molecule has 252 valence electrons. The first-order chi connectivity index (χ1) is 21.7. The van der Waals surface area contributed by atoms with Crippen LogP contribution in [0.5, 0.6) is 0 Å². The summed E-state index contributed by atoms with van der Waals surface area (Å²) in [7, 11) is 3.25. The summed E-state index contributed by atoms with van der Waals surface area (Å²) in [5.74, 6) is -0.556.